The van der Waals surface area contributed by atoms with Crippen LogP contribution in [-0.4, -0.2) is 9.55 Å². The molecule has 0 aliphatic heterocycles. The Morgan fingerprint density at radius 3 is 2.69 bits per heavy atom. The minimum Gasteiger partial charge on any atom is -0.329 e. The van der Waals surface area contributed by atoms with E-state index in [1.54, 1.807) is 22.8 Å². The average molecular weight is 284 g/mol. The number of rotatable bonds is 2. The van der Waals surface area contributed by atoms with Crippen molar-refractivity contribution in [2.75, 3.05) is 0 Å². The molecule has 3 nitrogen and oxygen atoms in total. The summed E-state index contributed by atoms with van der Waals surface area (Å²) < 4.78 is 16.1. The Morgan fingerprint density at radius 1 is 1.44 bits per heavy atom. The molecule has 1 aromatic carbocycles. The minimum atomic E-state index is -0.269. The third-order valence-electron chi connectivity index (χ3n) is 2.46. The standard InChI is InChI=1S/C11H11BrFN3/c1-16-9(6-14)15-11(12)10(16)7-4-2-3-5-8(7)13/h2-5H,6,14H2,1H3. The smallest absolute Gasteiger partial charge is 0.132 e. The molecule has 1 heterocycles. The topological polar surface area (TPSA) is 43.8 Å². The number of benzene rings is 1. The Bertz CT molecular complexity index is 522. The lowest BCUT2D eigenvalue weighted by atomic mass is 10.1. The summed E-state index contributed by atoms with van der Waals surface area (Å²) in [7, 11) is 1.82. The summed E-state index contributed by atoms with van der Waals surface area (Å²) in [6.45, 7) is 0.323. The first-order valence-electron chi connectivity index (χ1n) is 4.81. The van der Waals surface area contributed by atoms with Gasteiger partial charge in [-0.2, -0.15) is 0 Å². The second-order valence-electron chi connectivity index (χ2n) is 3.41. The van der Waals surface area contributed by atoms with Gasteiger partial charge in [0.1, 0.15) is 16.2 Å². The highest BCUT2D eigenvalue weighted by Gasteiger charge is 2.16. The van der Waals surface area contributed by atoms with Crippen LogP contribution in [-0.2, 0) is 13.6 Å². The Kier molecular flexibility index (Phi) is 3.07. The number of halogens is 2. The van der Waals surface area contributed by atoms with Crippen LogP contribution in [0.3, 0.4) is 0 Å². The van der Waals surface area contributed by atoms with Crippen LogP contribution in [0.2, 0.25) is 0 Å². The Morgan fingerprint density at radius 2 is 2.12 bits per heavy atom. The fourth-order valence-corrected chi connectivity index (χ4v) is 2.32. The number of aromatic nitrogens is 2. The van der Waals surface area contributed by atoms with Gasteiger partial charge in [-0.1, -0.05) is 12.1 Å². The summed E-state index contributed by atoms with van der Waals surface area (Å²) in [5, 5.41) is 0. The molecule has 1 aromatic heterocycles. The SMILES string of the molecule is Cn1c(CN)nc(Br)c1-c1ccccc1F. The Hall–Kier alpha value is -1.20. The van der Waals surface area contributed by atoms with Crippen LogP contribution in [0, 0.1) is 5.82 Å². The highest BCUT2D eigenvalue weighted by molar-refractivity contribution is 9.10. The zero-order valence-electron chi connectivity index (χ0n) is 8.74. The summed E-state index contributed by atoms with van der Waals surface area (Å²) in [6.07, 6.45) is 0. The van der Waals surface area contributed by atoms with Gasteiger partial charge in [-0.25, -0.2) is 9.37 Å². The number of nitrogens with two attached hydrogens (primary N) is 1. The largest absolute Gasteiger partial charge is 0.329 e. The molecule has 5 heteroatoms. The molecule has 0 saturated carbocycles. The fourth-order valence-electron chi connectivity index (χ4n) is 1.64. The quantitative estimate of drug-likeness (QED) is 0.920. The van der Waals surface area contributed by atoms with E-state index in [2.05, 4.69) is 20.9 Å². The maximum atomic E-state index is 13.7. The monoisotopic (exact) mass is 283 g/mol. The molecular weight excluding hydrogens is 273 g/mol. The van der Waals surface area contributed by atoms with Crippen LogP contribution in [0.4, 0.5) is 4.39 Å². The van der Waals surface area contributed by atoms with E-state index in [0.29, 0.717) is 28.2 Å². The molecule has 0 radical (unpaired) electrons. The Labute approximate surface area is 101 Å². The molecule has 0 saturated heterocycles. The second-order valence-corrected chi connectivity index (χ2v) is 4.16. The van der Waals surface area contributed by atoms with Crippen molar-refractivity contribution < 1.29 is 4.39 Å². The van der Waals surface area contributed by atoms with Crippen molar-refractivity contribution in [2.24, 2.45) is 12.8 Å². The zero-order valence-corrected chi connectivity index (χ0v) is 10.3. The lowest BCUT2D eigenvalue weighted by Gasteiger charge is -2.06. The van der Waals surface area contributed by atoms with E-state index in [4.69, 9.17) is 5.73 Å². The number of hydrogen-bond donors (Lipinski definition) is 1. The van der Waals surface area contributed by atoms with Gasteiger partial charge in [-0.3, -0.25) is 0 Å². The number of imidazole rings is 1. The number of hydrogen-bond acceptors (Lipinski definition) is 2. The van der Waals surface area contributed by atoms with Crippen molar-refractivity contribution in [1.29, 1.82) is 0 Å². The van der Waals surface area contributed by atoms with Gasteiger partial charge >= 0.3 is 0 Å². The van der Waals surface area contributed by atoms with Gasteiger partial charge < -0.3 is 10.3 Å². The normalized spacial score (nSPS) is 10.8. The van der Waals surface area contributed by atoms with Gasteiger partial charge in [0.25, 0.3) is 0 Å². The zero-order chi connectivity index (χ0) is 11.7. The van der Waals surface area contributed by atoms with Crippen molar-refractivity contribution in [3.63, 3.8) is 0 Å². The summed E-state index contributed by atoms with van der Waals surface area (Å²) in [4.78, 5) is 4.23. The predicted octanol–water partition coefficient (Wildman–Crippen LogP) is 2.45. The third-order valence-corrected chi connectivity index (χ3v) is 3.01. The number of nitrogens with zero attached hydrogens (tertiary/aromatic N) is 2. The molecule has 2 N–H and O–H groups in total. The van der Waals surface area contributed by atoms with Crippen LogP contribution in [0.15, 0.2) is 28.9 Å². The van der Waals surface area contributed by atoms with Gasteiger partial charge in [-0.15, -0.1) is 0 Å². The van der Waals surface area contributed by atoms with Crippen LogP contribution in [0.25, 0.3) is 11.3 Å². The first-order valence-corrected chi connectivity index (χ1v) is 5.60. The molecule has 0 unspecified atom stereocenters. The van der Waals surface area contributed by atoms with Crippen molar-refractivity contribution in [1.82, 2.24) is 9.55 Å². The molecule has 84 valence electrons. The molecule has 0 spiro atoms. The van der Waals surface area contributed by atoms with Gasteiger partial charge in [-0.05, 0) is 28.1 Å². The third kappa shape index (κ3) is 1.76. The predicted molar refractivity (Wildman–Crippen MR) is 64.2 cm³/mol. The van der Waals surface area contributed by atoms with Crippen molar-refractivity contribution in [2.45, 2.75) is 6.54 Å². The molecular formula is C11H11BrFN3. The molecule has 2 aromatic rings. The van der Waals surface area contributed by atoms with E-state index in [9.17, 15) is 4.39 Å². The summed E-state index contributed by atoms with van der Waals surface area (Å²) in [5.41, 5.74) is 6.78. The van der Waals surface area contributed by atoms with Crippen molar-refractivity contribution in [3.8, 4) is 11.3 Å². The molecule has 0 amide bonds. The first-order chi connectivity index (χ1) is 7.65. The van der Waals surface area contributed by atoms with Gasteiger partial charge in [0.2, 0.25) is 0 Å². The van der Waals surface area contributed by atoms with E-state index in [0.717, 1.165) is 0 Å². The maximum Gasteiger partial charge on any atom is 0.132 e. The van der Waals surface area contributed by atoms with E-state index in [1.165, 1.54) is 6.07 Å². The summed E-state index contributed by atoms with van der Waals surface area (Å²) >= 11 is 3.33. The van der Waals surface area contributed by atoms with Crippen LogP contribution >= 0.6 is 15.9 Å². The van der Waals surface area contributed by atoms with Gasteiger partial charge in [0, 0.05) is 12.6 Å². The highest BCUT2D eigenvalue weighted by atomic mass is 79.9. The average Bonchev–Trinajstić information content (AvgIpc) is 2.55. The minimum absolute atomic E-state index is 0.269. The van der Waals surface area contributed by atoms with Crippen LogP contribution < -0.4 is 5.73 Å². The lowest BCUT2D eigenvalue weighted by Crippen LogP contribution is -2.05. The van der Waals surface area contributed by atoms with E-state index in [-0.39, 0.29) is 5.82 Å². The molecule has 0 atom stereocenters. The van der Waals surface area contributed by atoms with E-state index >= 15 is 0 Å². The molecule has 0 aliphatic carbocycles. The van der Waals surface area contributed by atoms with Crippen molar-refractivity contribution in [3.05, 3.63) is 40.5 Å². The second kappa shape index (κ2) is 4.35. The first kappa shape index (κ1) is 11.3. The highest BCUT2D eigenvalue weighted by Crippen LogP contribution is 2.30. The Balaban J connectivity index is 2.65. The maximum absolute atomic E-state index is 13.7. The van der Waals surface area contributed by atoms with E-state index in [1.807, 2.05) is 7.05 Å². The molecule has 2 rings (SSSR count). The molecule has 0 fully saturated rings. The summed E-state index contributed by atoms with van der Waals surface area (Å²) in [6, 6.07) is 6.60. The van der Waals surface area contributed by atoms with Crippen LogP contribution in [0.1, 0.15) is 5.82 Å². The van der Waals surface area contributed by atoms with Crippen molar-refractivity contribution >= 4 is 15.9 Å². The van der Waals surface area contributed by atoms with Gasteiger partial charge in [0.15, 0.2) is 0 Å². The fraction of sp³-hybridized carbons (Fsp3) is 0.182. The summed E-state index contributed by atoms with van der Waals surface area (Å²) in [5.74, 6) is 0.444. The van der Waals surface area contributed by atoms with E-state index < -0.39 is 0 Å². The molecule has 16 heavy (non-hydrogen) atoms. The van der Waals surface area contributed by atoms with Gasteiger partial charge in [0.05, 0.1) is 12.2 Å². The lowest BCUT2D eigenvalue weighted by molar-refractivity contribution is 0.629. The van der Waals surface area contributed by atoms with Crippen LogP contribution in [0.5, 0.6) is 0 Å². The molecule has 0 aliphatic rings. The molecule has 0 bridgehead atoms.